The summed E-state index contributed by atoms with van der Waals surface area (Å²) in [5, 5.41) is 19.2. The molecular weight excluding hydrogens is 556 g/mol. The molecule has 8 nitrogen and oxygen atoms in total. The highest BCUT2D eigenvalue weighted by molar-refractivity contribution is 8.01. The number of pyridine rings is 3. The van der Waals surface area contributed by atoms with Crippen molar-refractivity contribution in [2.75, 3.05) is 5.75 Å². The molecule has 0 amide bonds. The van der Waals surface area contributed by atoms with Crippen molar-refractivity contribution in [2.45, 2.75) is 30.4 Å². The number of aryl methyl sites for hydroxylation is 1. The van der Waals surface area contributed by atoms with Gasteiger partial charge in [0.25, 0.3) is 0 Å². The highest BCUT2D eigenvalue weighted by Gasteiger charge is 2.18. The Labute approximate surface area is 245 Å². The Morgan fingerprint density at radius 1 is 0.878 bits per heavy atom. The summed E-state index contributed by atoms with van der Waals surface area (Å²) in [5.74, 6) is -1.18. The van der Waals surface area contributed by atoms with E-state index in [1.165, 1.54) is 59.5 Å². The lowest BCUT2D eigenvalue weighted by Gasteiger charge is -2.08. The molecule has 0 saturated carbocycles. The van der Waals surface area contributed by atoms with Gasteiger partial charge in [0.05, 0.1) is 38.1 Å². The number of aromatic carboxylic acids is 2. The number of hydrogen-bond donors (Lipinski definition) is 2. The van der Waals surface area contributed by atoms with Crippen molar-refractivity contribution in [1.29, 1.82) is 0 Å². The average Bonchev–Trinajstić information content (AvgIpc) is 3.61. The van der Waals surface area contributed by atoms with Crippen molar-refractivity contribution in [2.24, 2.45) is 7.05 Å². The summed E-state index contributed by atoms with van der Waals surface area (Å²) in [4.78, 5) is 37.9. The summed E-state index contributed by atoms with van der Waals surface area (Å²) in [6.45, 7) is 2.21. The molecule has 41 heavy (non-hydrogen) atoms. The first-order valence-corrected chi connectivity index (χ1v) is 14.9. The zero-order chi connectivity index (χ0) is 28.9. The minimum absolute atomic E-state index is 0.00705. The van der Waals surface area contributed by atoms with Crippen LogP contribution < -0.4 is 0 Å². The first kappa shape index (κ1) is 28.3. The zero-order valence-corrected chi connectivity index (χ0v) is 24.2. The Balaban J connectivity index is 1.55. The third-order valence-electron chi connectivity index (χ3n) is 6.55. The molecule has 10 heteroatoms. The molecule has 0 aliphatic carbocycles. The van der Waals surface area contributed by atoms with Gasteiger partial charge in [0, 0.05) is 41.8 Å². The van der Waals surface area contributed by atoms with E-state index in [0.29, 0.717) is 11.4 Å². The van der Waals surface area contributed by atoms with E-state index in [9.17, 15) is 19.8 Å². The molecule has 0 aromatic carbocycles. The van der Waals surface area contributed by atoms with Crippen LogP contribution in [0.2, 0.25) is 0 Å². The van der Waals surface area contributed by atoms with E-state index in [1.807, 2.05) is 43.2 Å². The fourth-order valence-electron chi connectivity index (χ4n) is 4.40. The van der Waals surface area contributed by atoms with Crippen LogP contribution in [0.4, 0.5) is 0 Å². The van der Waals surface area contributed by atoms with Crippen molar-refractivity contribution in [3.05, 3.63) is 84.3 Å². The molecule has 2 N–H and O–H groups in total. The van der Waals surface area contributed by atoms with Gasteiger partial charge in [-0.3, -0.25) is 9.97 Å². The van der Waals surface area contributed by atoms with E-state index in [1.54, 1.807) is 17.5 Å². The van der Waals surface area contributed by atoms with Gasteiger partial charge in [-0.25, -0.2) is 14.6 Å². The fraction of sp³-hybridized carbons (Fsp3) is 0.194. The van der Waals surface area contributed by atoms with Gasteiger partial charge in [0.15, 0.2) is 0 Å². The zero-order valence-electron chi connectivity index (χ0n) is 22.6. The predicted octanol–water partition coefficient (Wildman–Crippen LogP) is 7.62. The number of carboxylic acids is 2. The number of thiophene rings is 1. The summed E-state index contributed by atoms with van der Waals surface area (Å²) in [5.41, 5.74) is 4.72. The highest BCUT2D eigenvalue weighted by atomic mass is 32.2. The monoisotopic (exact) mass is 584 g/mol. The van der Waals surface area contributed by atoms with E-state index in [4.69, 9.17) is 0 Å². The molecule has 5 heterocycles. The summed E-state index contributed by atoms with van der Waals surface area (Å²) in [6.07, 6.45) is 8.66. The van der Waals surface area contributed by atoms with Crippen LogP contribution in [-0.2, 0) is 7.05 Å². The lowest BCUT2D eigenvalue weighted by molar-refractivity contribution is 0.0686. The van der Waals surface area contributed by atoms with Crippen LogP contribution in [0.5, 0.6) is 0 Å². The molecule has 0 saturated heterocycles. The largest absolute Gasteiger partial charge is 0.478 e. The van der Waals surface area contributed by atoms with Crippen LogP contribution in [-0.4, -0.2) is 47.4 Å². The molecule has 5 rings (SSSR count). The summed E-state index contributed by atoms with van der Waals surface area (Å²) < 4.78 is 3.38. The SMILES string of the molecule is CCCCCSc1sc(-c2ccnc(-c3cc(C(=O)O)cc(-c4cc(C(=O)O)ccn4)n3)c2)cc1-c1cccn1C. The molecule has 0 atom stereocenters. The molecule has 208 valence electrons. The van der Waals surface area contributed by atoms with Crippen molar-refractivity contribution >= 4 is 35.0 Å². The standard InChI is InChI=1S/C31H28N4O4S2/c1-3-4-5-13-40-31-22(27-7-6-12-35(27)2)18-28(41-31)19-8-10-32-23(14-19)25-16-21(30(38)39)17-26(34-25)24-15-20(29(36)37)9-11-33-24/h6-12,14-18H,3-5,13H2,1-2H3,(H,36,37)(H,38,39). The molecule has 5 aromatic rings. The molecule has 0 bridgehead atoms. The topological polar surface area (TPSA) is 118 Å². The lowest BCUT2D eigenvalue weighted by Crippen LogP contribution is -2.02. The maximum Gasteiger partial charge on any atom is 0.335 e. The number of carbonyl (C=O) groups is 2. The van der Waals surface area contributed by atoms with Gasteiger partial charge in [-0.2, -0.15) is 0 Å². The van der Waals surface area contributed by atoms with E-state index in [2.05, 4.69) is 38.6 Å². The van der Waals surface area contributed by atoms with Gasteiger partial charge in [-0.15, -0.1) is 23.1 Å². The van der Waals surface area contributed by atoms with E-state index in [0.717, 1.165) is 21.9 Å². The van der Waals surface area contributed by atoms with E-state index >= 15 is 0 Å². The molecule has 0 unspecified atom stereocenters. The minimum Gasteiger partial charge on any atom is -0.478 e. The molecule has 0 aliphatic heterocycles. The molecule has 0 aliphatic rings. The minimum atomic E-state index is -1.13. The third kappa shape index (κ3) is 6.39. The first-order chi connectivity index (χ1) is 19.8. The van der Waals surface area contributed by atoms with Gasteiger partial charge >= 0.3 is 11.9 Å². The van der Waals surface area contributed by atoms with Crippen molar-refractivity contribution < 1.29 is 19.8 Å². The smallest absolute Gasteiger partial charge is 0.335 e. The van der Waals surface area contributed by atoms with Crippen molar-refractivity contribution in [3.63, 3.8) is 0 Å². The number of carboxylic acid groups (broad SMARTS) is 2. The Bertz CT molecular complexity index is 1730. The normalized spacial score (nSPS) is 11.1. The highest BCUT2D eigenvalue weighted by Crippen LogP contribution is 2.43. The molecule has 5 aromatic heterocycles. The van der Waals surface area contributed by atoms with Crippen molar-refractivity contribution in [3.8, 4) is 44.5 Å². The maximum absolute atomic E-state index is 12.0. The summed E-state index contributed by atoms with van der Waals surface area (Å²) >= 11 is 3.62. The predicted molar refractivity (Wildman–Crippen MR) is 163 cm³/mol. The maximum atomic E-state index is 12.0. The van der Waals surface area contributed by atoms with E-state index < -0.39 is 11.9 Å². The van der Waals surface area contributed by atoms with Crippen LogP contribution in [0, 0.1) is 0 Å². The molecule has 0 fully saturated rings. The van der Waals surface area contributed by atoms with Gasteiger partial charge < -0.3 is 14.8 Å². The van der Waals surface area contributed by atoms with Crippen LogP contribution in [0.3, 0.4) is 0 Å². The summed E-state index contributed by atoms with van der Waals surface area (Å²) in [7, 11) is 2.04. The molecular formula is C31H28N4O4S2. The number of rotatable bonds is 11. The second-order valence-electron chi connectivity index (χ2n) is 9.47. The number of aromatic nitrogens is 4. The second kappa shape index (κ2) is 12.5. The van der Waals surface area contributed by atoms with Crippen molar-refractivity contribution in [1.82, 2.24) is 19.5 Å². The third-order valence-corrected chi connectivity index (χ3v) is 9.10. The van der Waals surface area contributed by atoms with Crippen LogP contribution in [0.15, 0.2) is 77.4 Å². The number of nitrogens with zero attached hydrogens (tertiary/aromatic N) is 4. The Kier molecular flexibility index (Phi) is 8.61. The second-order valence-corrected chi connectivity index (χ2v) is 11.9. The van der Waals surface area contributed by atoms with Gasteiger partial charge in [-0.05, 0) is 72.3 Å². The lowest BCUT2D eigenvalue weighted by atomic mass is 10.1. The number of thioether (sulfide) groups is 1. The summed E-state index contributed by atoms with van der Waals surface area (Å²) in [6, 6.07) is 15.8. The van der Waals surface area contributed by atoms with Crippen LogP contribution in [0.1, 0.15) is 46.9 Å². The van der Waals surface area contributed by atoms with Gasteiger partial charge in [0.2, 0.25) is 0 Å². The number of hydrogen-bond acceptors (Lipinski definition) is 7. The average molecular weight is 585 g/mol. The Morgan fingerprint density at radius 3 is 2.22 bits per heavy atom. The van der Waals surface area contributed by atoms with Crippen LogP contribution in [0.25, 0.3) is 44.5 Å². The molecule has 0 radical (unpaired) electrons. The number of unbranched alkanes of at least 4 members (excludes halogenated alkanes) is 2. The van der Waals surface area contributed by atoms with Gasteiger partial charge in [0.1, 0.15) is 0 Å². The Hall–Kier alpha value is -4.28. The fourth-order valence-corrected chi connectivity index (χ4v) is 6.91. The Morgan fingerprint density at radius 2 is 1.56 bits per heavy atom. The van der Waals surface area contributed by atoms with E-state index in [-0.39, 0.29) is 22.5 Å². The first-order valence-electron chi connectivity index (χ1n) is 13.1. The van der Waals surface area contributed by atoms with Gasteiger partial charge in [-0.1, -0.05) is 19.8 Å². The van der Waals surface area contributed by atoms with Crippen LogP contribution >= 0.6 is 23.1 Å². The molecule has 0 spiro atoms. The quantitative estimate of drug-likeness (QED) is 0.120.